The number of rotatable bonds is 6. The summed E-state index contributed by atoms with van der Waals surface area (Å²) in [6.07, 6.45) is 1.45. The molecule has 146 valence electrons. The largest absolute Gasteiger partial charge is 0.495 e. The lowest BCUT2D eigenvalue weighted by Crippen LogP contribution is -2.14. The van der Waals surface area contributed by atoms with Crippen LogP contribution in [-0.2, 0) is 4.79 Å². The van der Waals surface area contributed by atoms with Crippen molar-refractivity contribution in [3.8, 4) is 23.3 Å². The van der Waals surface area contributed by atoms with Gasteiger partial charge in [0.2, 0.25) is 0 Å². The van der Waals surface area contributed by atoms with Crippen LogP contribution in [-0.4, -0.2) is 27.2 Å². The van der Waals surface area contributed by atoms with Gasteiger partial charge in [0, 0.05) is 15.6 Å². The number of hydrogen-bond donors (Lipinski definition) is 1. The van der Waals surface area contributed by atoms with Gasteiger partial charge in [-0.2, -0.15) is 5.26 Å². The van der Waals surface area contributed by atoms with Crippen LogP contribution in [0, 0.1) is 18.3 Å². The molecule has 0 heterocycles. The van der Waals surface area contributed by atoms with Crippen LogP contribution in [0.25, 0.3) is 6.08 Å². The molecule has 6 nitrogen and oxygen atoms in total. The summed E-state index contributed by atoms with van der Waals surface area (Å²) in [5, 5.41) is 12.7. The number of benzene rings is 2. The predicted molar refractivity (Wildman–Crippen MR) is 112 cm³/mol. The van der Waals surface area contributed by atoms with E-state index in [4.69, 9.17) is 25.8 Å². The van der Waals surface area contributed by atoms with Gasteiger partial charge in [0.1, 0.15) is 17.4 Å². The average molecular weight is 466 g/mol. The molecular formula is C20H18BrClN2O4. The van der Waals surface area contributed by atoms with Gasteiger partial charge in [0.05, 0.1) is 27.0 Å². The maximum Gasteiger partial charge on any atom is 0.266 e. The Morgan fingerprint density at radius 2 is 1.71 bits per heavy atom. The molecule has 0 unspecified atom stereocenters. The van der Waals surface area contributed by atoms with E-state index in [9.17, 15) is 10.1 Å². The molecule has 0 fully saturated rings. The minimum atomic E-state index is -0.579. The van der Waals surface area contributed by atoms with E-state index in [-0.39, 0.29) is 5.57 Å². The molecule has 0 atom stereocenters. The molecule has 8 heteroatoms. The van der Waals surface area contributed by atoms with Gasteiger partial charge in [0.15, 0.2) is 11.5 Å². The molecule has 2 aromatic rings. The van der Waals surface area contributed by atoms with Crippen molar-refractivity contribution in [2.24, 2.45) is 0 Å². The summed E-state index contributed by atoms with van der Waals surface area (Å²) in [5.41, 5.74) is 1.68. The molecule has 0 spiro atoms. The molecule has 1 N–H and O–H groups in total. The van der Waals surface area contributed by atoms with E-state index < -0.39 is 5.91 Å². The molecule has 0 aliphatic rings. The third-order valence-corrected chi connectivity index (χ3v) is 4.99. The van der Waals surface area contributed by atoms with Gasteiger partial charge < -0.3 is 19.5 Å². The van der Waals surface area contributed by atoms with E-state index in [1.165, 1.54) is 27.4 Å². The molecule has 0 aliphatic carbocycles. The molecule has 0 saturated carbocycles. The Labute approximate surface area is 176 Å². The van der Waals surface area contributed by atoms with Crippen LogP contribution in [0.2, 0.25) is 5.02 Å². The average Bonchev–Trinajstić information content (AvgIpc) is 2.69. The van der Waals surface area contributed by atoms with Crippen LogP contribution in [0.4, 0.5) is 5.69 Å². The molecule has 2 rings (SSSR count). The van der Waals surface area contributed by atoms with Gasteiger partial charge in [-0.1, -0.05) is 27.5 Å². The summed E-state index contributed by atoms with van der Waals surface area (Å²) >= 11 is 9.49. The van der Waals surface area contributed by atoms with Crippen molar-refractivity contribution in [1.82, 2.24) is 0 Å². The molecule has 0 aromatic heterocycles. The number of methoxy groups -OCH3 is 3. The number of ether oxygens (including phenoxy) is 3. The highest BCUT2D eigenvalue weighted by atomic mass is 79.9. The van der Waals surface area contributed by atoms with Crippen LogP contribution in [0.1, 0.15) is 11.1 Å². The van der Waals surface area contributed by atoms with Gasteiger partial charge in [0.25, 0.3) is 5.91 Å². The molecule has 2 aromatic carbocycles. The summed E-state index contributed by atoms with van der Waals surface area (Å²) in [7, 11) is 4.50. The highest BCUT2D eigenvalue weighted by molar-refractivity contribution is 9.10. The summed E-state index contributed by atoms with van der Waals surface area (Å²) in [5.74, 6) is 0.818. The second-order valence-electron chi connectivity index (χ2n) is 5.65. The summed E-state index contributed by atoms with van der Waals surface area (Å²) in [4.78, 5) is 12.6. The van der Waals surface area contributed by atoms with Crippen molar-refractivity contribution in [2.45, 2.75) is 6.92 Å². The first kappa shape index (κ1) is 21.6. The zero-order valence-electron chi connectivity index (χ0n) is 15.7. The fourth-order valence-electron chi connectivity index (χ4n) is 2.40. The number of nitriles is 1. The monoisotopic (exact) mass is 464 g/mol. The van der Waals surface area contributed by atoms with Crippen molar-refractivity contribution in [3.05, 3.63) is 50.5 Å². The van der Waals surface area contributed by atoms with Gasteiger partial charge >= 0.3 is 0 Å². The van der Waals surface area contributed by atoms with E-state index in [1.54, 1.807) is 31.2 Å². The normalized spacial score (nSPS) is 10.8. The maximum atomic E-state index is 12.6. The number of halogens is 2. The number of hydrogen-bond acceptors (Lipinski definition) is 5. The smallest absolute Gasteiger partial charge is 0.266 e. The van der Waals surface area contributed by atoms with Crippen molar-refractivity contribution < 1.29 is 19.0 Å². The number of aryl methyl sites for hydroxylation is 1. The van der Waals surface area contributed by atoms with Crippen molar-refractivity contribution in [2.75, 3.05) is 26.6 Å². The lowest BCUT2D eigenvalue weighted by molar-refractivity contribution is -0.112. The van der Waals surface area contributed by atoms with Crippen molar-refractivity contribution >= 4 is 45.2 Å². The number of nitrogens with one attached hydrogen (secondary N) is 1. The second-order valence-corrected chi connectivity index (χ2v) is 6.92. The van der Waals surface area contributed by atoms with E-state index in [2.05, 4.69) is 21.2 Å². The molecule has 1 amide bonds. The SMILES string of the molecule is COc1cc(Cl)c(C)cc1NC(=O)/C(C#N)=C/c1cc(OC)c(OC)cc1Br. The highest BCUT2D eigenvalue weighted by Gasteiger charge is 2.16. The van der Waals surface area contributed by atoms with Gasteiger partial charge in [-0.05, 0) is 42.3 Å². The third-order valence-electron chi connectivity index (χ3n) is 3.90. The number of anilines is 1. The predicted octanol–water partition coefficient (Wildman–Crippen LogP) is 4.98. The van der Waals surface area contributed by atoms with Crippen LogP contribution in [0.3, 0.4) is 0 Å². The maximum absolute atomic E-state index is 12.6. The van der Waals surface area contributed by atoms with Crippen molar-refractivity contribution in [3.63, 3.8) is 0 Å². The van der Waals surface area contributed by atoms with Crippen LogP contribution in [0.15, 0.2) is 34.3 Å². The zero-order chi connectivity index (χ0) is 20.8. The second kappa shape index (κ2) is 9.49. The molecule has 0 bridgehead atoms. The third kappa shape index (κ3) is 4.77. The first-order chi connectivity index (χ1) is 13.3. The highest BCUT2D eigenvalue weighted by Crippen LogP contribution is 2.35. The Balaban J connectivity index is 2.40. The zero-order valence-corrected chi connectivity index (χ0v) is 18.1. The summed E-state index contributed by atoms with van der Waals surface area (Å²) in [6, 6.07) is 8.57. The number of amides is 1. The number of nitrogens with zero attached hydrogens (tertiary/aromatic N) is 1. The Kier molecular flexibility index (Phi) is 7.32. The summed E-state index contributed by atoms with van der Waals surface area (Å²) in [6.45, 7) is 1.80. The first-order valence-corrected chi connectivity index (χ1v) is 9.20. The molecule has 0 saturated heterocycles. The minimum Gasteiger partial charge on any atom is -0.495 e. The number of carbonyl (C=O) groups excluding carboxylic acids is 1. The van der Waals surface area contributed by atoms with Crippen molar-refractivity contribution in [1.29, 1.82) is 5.26 Å². The van der Waals surface area contributed by atoms with E-state index in [0.29, 0.717) is 38.0 Å². The molecule has 0 aliphatic heterocycles. The Bertz CT molecular complexity index is 983. The lowest BCUT2D eigenvalue weighted by Gasteiger charge is -2.12. The van der Waals surface area contributed by atoms with E-state index >= 15 is 0 Å². The quantitative estimate of drug-likeness (QED) is 0.480. The van der Waals surface area contributed by atoms with Gasteiger partial charge in [-0.25, -0.2) is 0 Å². The fourth-order valence-corrected chi connectivity index (χ4v) is 2.99. The van der Waals surface area contributed by atoms with Crippen LogP contribution in [0.5, 0.6) is 17.2 Å². The van der Waals surface area contributed by atoms with Gasteiger partial charge in [-0.15, -0.1) is 0 Å². The van der Waals surface area contributed by atoms with E-state index in [0.717, 1.165) is 5.56 Å². The van der Waals surface area contributed by atoms with Crippen LogP contribution < -0.4 is 19.5 Å². The lowest BCUT2D eigenvalue weighted by atomic mass is 10.1. The Morgan fingerprint density at radius 1 is 1.11 bits per heavy atom. The minimum absolute atomic E-state index is 0.0948. The topological polar surface area (TPSA) is 80.6 Å². The molecule has 28 heavy (non-hydrogen) atoms. The Hall–Kier alpha value is -2.69. The van der Waals surface area contributed by atoms with Gasteiger partial charge in [-0.3, -0.25) is 4.79 Å². The molecular weight excluding hydrogens is 448 g/mol. The van der Waals surface area contributed by atoms with E-state index in [1.807, 2.05) is 6.07 Å². The fraction of sp³-hybridized carbons (Fsp3) is 0.200. The number of carbonyl (C=O) groups is 1. The standard InChI is InChI=1S/C20H18BrClN2O4/c1-11-5-16(17(26-2)9-15(11)22)24-20(25)13(10-23)6-12-7-18(27-3)19(28-4)8-14(12)21/h5-9H,1-4H3,(H,24,25)/b13-6+. The first-order valence-electron chi connectivity index (χ1n) is 8.03. The molecule has 0 radical (unpaired) electrons. The summed E-state index contributed by atoms with van der Waals surface area (Å²) < 4.78 is 16.4. The van der Waals surface area contributed by atoms with Crippen LogP contribution >= 0.6 is 27.5 Å². The Morgan fingerprint density at radius 3 is 2.29 bits per heavy atom.